The molecule has 0 atom stereocenters. The Kier molecular flexibility index (Phi) is 8.47. The standard InChI is InChI=1S/C26H31NO5.CH2O2/c28-23-6-3-18-7-11-27(26(29)19-8-12-30-13-9-19)10-1-2-20-15-24-25(32-17-31-24)16-21(20)4-5-22(23)14-18;2-1-3/h3,6,14-16,19,28H,1-2,4-5,7-13,17H2;1H,(H,2,3). The topological polar surface area (TPSA) is 106 Å². The Bertz CT molecular complexity index is 1030. The molecule has 2 aromatic rings. The summed E-state index contributed by atoms with van der Waals surface area (Å²) in [6.07, 6.45) is 5.80. The van der Waals surface area contributed by atoms with Gasteiger partial charge in [0.1, 0.15) is 5.75 Å². The summed E-state index contributed by atoms with van der Waals surface area (Å²) in [7, 11) is 0. The zero-order chi connectivity index (χ0) is 24.6. The van der Waals surface area contributed by atoms with Crippen LogP contribution in [0.2, 0.25) is 0 Å². The Hall–Kier alpha value is -3.26. The minimum atomic E-state index is -0.250. The van der Waals surface area contributed by atoms with Gasteiger partial charge in [0.05, 0.1) is 0 Å². The fourth-order valence-corrected chi connectivity index (χ4v) is 5.01. The van der Waals surface area contributed by atoms with Crippen molar-refractivity contribution in [3.8, 4) is 17.2 Å². The highest BCUT2D eigenvalue weighted by Gasteiger charge is 2.26. The van der Waals surface area contributed by atoms with E-state index < -0.39 is 0 Å². The first-order valence-corrected chi connectivity index (χ1v) is 12.3. The summed E-state index contributed by atoms with van der Waals surface area (Å²) in [6.45, 7) is 2.80. The molecule has 8 heteroatoms. The van der Waals surface area contributed by atoms with Crippen LogP contribution in [-0.2, 0) is 40.0 Å². The molecular weight excluding hydrogens is 450 g/mol. The van der Waals surface area contributed by atoms with Crippen molar-refractivity contribution >= 4 is 12.4 Å². The summed E-state index contributed by atoms with van der Waals surface area (Å²) in [5.41, 5.74) is 4.57. The van der Waals surface area contributed by atoms with Gasteiger partial charge in [0.25, 0.3) is 6.47 Å². The Labute approximate surface area is 205 Å². The number of carbonyl (C=O) groups is 2. The Morgan fingerprint density at radius 3 is 2.29 bits per heavy atom. The van der Waals surface area contributed by atoms with Crippen LogP contribution >= 0.6 is 0 Å². The van der Waals surface area contributed by atoms with Crippen LogP contribution < -0.4 is 9.47 Å². The van der Waals surface area contributed by atoms with Crippen LogP contribution in [0.1, 0.15) is 41.5 Å². The first-order chi connectivity index (χ1) is 17.1. The molecule has 3 aliphatic heterocycles. The maximum absolute atomic E-state index is 13.3. The first-order valence-electron chi connectivity index (χ1n) is 12.3. The van der Waals surface area contributed by atoms with Gasteiger partial charge in [0, 0.05) is 32.2 Å². The summed E-state index contributed by atoms with van der Waals surface area (Å²) in [4.78, 5) is 23.7. The van der Waals surface area contributed by atoms with E-state index in [1.165, 1.54) is 11.1 Å². The summed E-state index contributed by atoms with van der Waals surface area (Å²) >= 11 is 0. The Balaban J connectivity index is 0.000000917. The van der Waals surface area contributed by atoms with E-state index in [2.05, 4.69) is 18.2 Å². The molecule has 0 aromatic heterocycles. The van der Waals surface area contributed by atoms with Crippen LogP contribution in [0.15, 0.2) is 30.3 Å². The molecule has 0 saturated carbocycles. The van der Waals surface area contributed by atoms with Crippen LogP contribution in [-0.4, -0.2) is 60.6 Å². The third-order valence-corrected chi connectivity index (χ3v) is 6.93. The van der Waals surface area contributed by atoms with E-state index in [0.29, 0.717) is 25.5 Å². The number of benzene rings is 2. The molecule has 0 unspecified atom stereocenters. The minimum Gasteiger partial charge on any atom is -0.508 e. The van der Waals surface area contributed by atoms with Gasteiger partial charge >= 0.3 is 0 Å². The third kappa shape index (κ3) is 6.25. The number of ether oxygens (including phenoxy) is 3. The number of phenols is 1. The molecule has 0 aliphatic carbocycles. The second-order valence-electron chi connectivity index (χ2n) is 9.11. The molecule has 8 nitrogen and oxygen atoms in total. The Morgan fingerprint density at radius 2 is 1.57 bits per heavy atom. The van der Waals surface area contributed by atoms with Crippen molar-refractivity contribution in [2.75, 3.05) is 33.1 Å². The Morgan fingerprint density at radius 1 is 0.914 bits per heavy atom. The number of rotatable bonds is 1. The van der Waals surface area contributed by atoms with Crippen LogP contribution in [0, 0.1) is 5.92 Å². The summed E-state index contributed by atoms with van der Waals surface area (Å²) in [5, 5.41) is 17.3. The number of amides is 1. The number of carbonyl (C=O) groups excluding carboxylic acids is 1. The molecule has 3 heterocycles. The summed E-state index contributed by atoms with van der Waals surface area (Å²) < 4.78 is 16.7. The molecule has 2 bridgehead atoms. The third-order valence-electron chi connectivity index (χ3n) is 6.93. The molecule has 35 heavy (non-hydrogen) atoms. The quantitative estimate of drug-likeness (QED) is 0.599. The SMILES string of the molecule is O=C(C1CCOCC1)N1CCCc2cc3c(cc2CCc2cc(ccc2O)CC1)OCO3.O=CO. The lowest BCUT2D eigenvalue weighted by molar-refractivity contribution is -0.138. The van der Waals surface area contributed by atoms with Crippen molar-refractivity contribution in [3.63, 3.8) is 0 Å². The molecule has 0 radical (unpaired) electrons. The molecule has 0 spiro atoms. The average Bonchev–Trinajstić information content (AvgIpc) is 3.33. The van der Waals surface area contributed by atoms with E-state index in [9.17, 15) is 9.90 Å². The largest absolute Gasteiger partial charge is 0.508 e. The highest BCUT2D eigenvalue weighted by molar-refractivity contribution is 5.79. The van der Waals surface area contributed by atoms with E-state index in [-0.39, 0.29) is 25.1 Å². The van der Waals surface area contributed by atoms with Gasteiger partial charge in [0.15, 0.2) is 11.5 Å². The predicted octanol–water partition coefficient (Wildman–Crippen LogP) is 3.35. The number of hydrogen-bond donors (Lipinski definition) is 2. The van der Waals surface area contributed by atoms with Crippen LogP contribution in [0.5, 0.6) is 17.2 Å². The first kappa shape index (κ1) is 24.9. The fourth-order valence-electron chi connectivity index (χ4n) is 5.01. The summed E-state index contributed by atoms with van der Waals surface area (Å²) in [5.74, 6) is 2.25. The van der Waals surface area contributed by atoms with E-state index in [1.54, 1.807) is 6.07 Å². The zero-order valence-electron chi connectivity index (χ0n) is 19.9. The van der Waals surface area contributed by atoms with Gasteiger partial charge in [-0.05, 0) is 85.4 Å². The lowest BCUT2D eigenvalue weighted by Gasteiger charge is -2.29. The molecular formula is C27H33NO7. The molecule has 1 fully saturated rings. The van der Waals surface area contributed by atoms with Gasteiger partial charge < -0.3 is 29.3 Å². The maximum Gasteiger partial charge on any atom is 0.290 e. The minimum absolute atomic E-state index is 0.0657. The summed E-state index contributed by atoms with van der Waals surface area (Å²) in [6, 6.07) is 10.0. The van der Waals surface area contributed by atoms with E-state index in [1.807, 2.05) is 11.0 Å². The van der Waals surface area contributed by atoms with Crippen molar-refractivity contribution in [2.45, 2.75) is 44.9 Å². The molecule has 2 aromatic carbocycles. The highest BCUT2D eigenvalue weighted by atomic mass is 16.7. The average molecular weight is 484 g/mol. The number of aryl methyl sites for hydroxylation is 3. The van der Waals surface area contributed by atoms with Gasteiger partial charge in [-0.1, -0.05) is 12.1 Å². The van der Waals surface area contributed by atoms with Crippen molar-refractivity contribution in [1.29, 1.82) is 0 Å². The maximum atomic E-state index is 13.3. The van der Waals surface area contributed by atoms with Gasteiger partial charge in [0.2, 0.25) is 12.7 Å². The van der Waals surface area contributed by atoms with Gasteiger partial charge in [-0.2, -0.15) is 0 Å². The zero-order valence-corrected chi connectivity index (χ0v) is 19.9. The molecule has 1 saturated heterocycles. The molecule has 1 amide bonds. The van der Waals surface area contributed by atoms with Crippen LogP contribution in [0.3, 0.4) is 0 Å². The smallest absolute Gasteiger partial charge is 0.290 e. The highest BCUT2D eigenvalue weighted by Crippen LogP contribution is 2.36. The monoisotopic (exact) mass is 483 g/mol. The molecule has 3 aliphatic rings. The second kappa shape index (κ2) is 11.9. The van der Waals surface area contributed by atoms with Crippen molar-refractivity contribution in [1.82, 2.24) is 4.90 Å². The number of phenolic OH excluding ortho intramolecular Hbond substituents is 1. The normalized spacial score (nSPS) is 18.1. The van der Waals surface area contributed by atoms with Crippen molar-refractivity contribution in [3.05, 3.63) is 52.6 Å². The number of nitrogens with zero attached hydrogens (tertiary/aromatic N) is 1. The molecule has 2 N–H and O–H groups in total. The van der Waals surface area contributed by atoms with Crippen LogP contribution in [0.25, 0.3) is 0 Å². The number of aromatic hydroxyl groups is 1. The number of carboxylic acid groups (broad SMARTS) is 1. The lowest BCUT2D eigenvalue weighted by atomic mass is 9.95. The van der Waals surface area contributed by atoms with Crippen LogP contribution in [0.4, 0.5) is 0 Å². The van der Waals surface area contributed by atoms with Crippen molar-refractivity contribution in [2.24, 2.45) is 5.92 Å². The van der Waals surface area contributed by atoms with Crippen molar-refractivity contribution < 1.29 is 34.0 Å². The molecule has 5 rings (SSSR count). The van der Waals surface area contributed by atoms with E-state index >= 15 is 0 Å². The predicted molar refractivity (Wildman–Crippen MR) is 129 cm³/mol. The number of fused-ring (bicyclic) bond motifs is 4. The van der Waals surface area contributed by atoms with Gasteiger partial charge in [-0.15, -0.1) is 0 Å². The van der Waals surface area contributed by atoms with Gasteiger partial charge in [-0.25, -0.2) is 0 Å². The number of hydrogen-bond acceptors (Lipinski definition) is 6. The second-order valence-corrected chi connectivity index (χ2v) is 9.11. The van der Waals surface area contributed by atoms with E-state index in [0.717, 1.165) is 74.1 Å². The molecule has 188 valence electrons. The van der Waals surface area contributed by atoms with Gasteiger partial charge in [-0.3, -0.25) is 9.59 Å². The fraction of sp³-hybridized carbons (Fsp3) is 0.481. The lowest BCUT2D eigenvalue weighted by Crippen LogP contribution is -2.40. The van der Waals surface area contributed by atoms with E-state index in [4.69, 9.17) is 24.1 Å².